The Balaban J connectivity index is 2.19. The molecule has 2 N–H and O–H groups in total. The number of hydrogen-bond acceptors (Lipinski definition) is 2. The summed E-state index contributed by atoms with van der Waals surface area (Å²) in [6, 6.07) is 13.1. The molecule has 2 rings (SSSR count). The minimum atomic E-state index is 0.527. The SMILES string of the molecule is NCc1ccc(Oc2ccc(Br)cc2Cl)cc1. The molecule has 2 nitrogen and oxygen atoms in total. The van der Waals surface area contributed by atoms with E-state index < -0.39 is 0 Å². The van der Waals surface area contributed by atoms with E-state index in [2.05, 4.69) is 15.9 Å². The fraction of sp³-hybridized carbons (Fsp3) is 0.0769. The predicted molar refractivity (Wildman–Crippen MR) is 73.6 cm³/mol. The van der Waals surface area contributed by atoms with E-state index in [0.717, 1.165) is 15.8 Å². The van der Waals surface area contributed by atoms with Gasteiger partial charge in [-0.2, -0.15) is 0 Å². The van der Waals surface area contributed by atoms with E-state index >= 15 is 0 Å². The first kappa shape index (κ1) is 12.4. The van der Waals surface area contributed by atoms with Crippen LogP contribution in [0.1, 0.15) is 5.56 Å². The second kappa shape index (κ2) is 5.54. The Hall–Kier alpha value is -1.03. The molecule has 0 fully saturated rings. The van der Waals surface area contributed by atoms with Crippen LogP contribution in [0.4, 0.5) is 0 Å². The van der Waals surface area contributed by atoms with E-state index in [0.29, 0.717) is 17.3 Å². The van der Waals surface area contributed by atoms with E-state index in [1.165, 1.54) is 0 Å². The minimum absolute atomic E-state index is 0.527. The first-order valence-corrected chi connectivity index (χ1v) is 6.28. The molecular weight excluding hydrogens is 302 g/mol. The van der Waals surface area contributed by atoms with Crippen molar-refractivity contribution >= 4 is 27.5 Å². The Morgan fingerprint density at radius 2 is 1.82 bits per heavy atom. The molecule has 0 aliphatic heterocycles. The molecule has 2 aromatic carbocycles. The summed E-state index contributed by atoms with van der Waals surface area (Å²) in [5.74, 6) is 1.38. The Morgan fingerprint density at radius 3 is 2.41 bits per heavy atom. The van der Waals surface area contributed by atoms with E-state index in [1.807, 2.05) is 36.4 Å². The topological polar surface area (TPSA) is 35.2 Å². The van der Waals surface area contributed by atoms with Gasteiger partial charge < -0.3 is 10.5 Å². The van der Waals surface area contributed by atoms with E-state index in [9.17, 15) is 0 Å². The van der Waals surface area contributed by atoms with Gasteiger partial charge in [0.1, 0.15) is 11.5 Å². The van der Waals surface area contributed by atoms with Crippen molar-refractivity contribution in [3.63, 3.8) is 0 Å². The van der Waals surface area contributed by atoms with Gasteiger partial charge in [0.05, 0.1) is 5.02 Å². The van der Waals surface area contributed by atoms with Crippen molar-refractivity contribution in [3.8, 4) is 11.5 Å². The molecule has 88 valence electrons. The quantitative estimate of drug-likeness (QED) is 0.914. The van der Waals surface area contributed by atoms with Crippen LogP contribution in [-0.2, 0) is 6.54 Å². The van der Waals surface area contributed by atoms with Crippen LogP contribution < -0.4 is 10.5 Å². The third-order valence-corrected chi connectivity index (χ3v) is 3.07. The molecule has 0 aliphatic carbocycles. The fourth-order valence-electron chi connectivity index (χ4n) is 1.38. The van der Waals surface area contributed by atoms with Crippen molar-refractivity contribution in [1.29, 1.82) is 0 Å². The number of ether oxygens (including phenoxy) is 1. The molecule has 0 spiro atoms. The fourth-order valence-corrected chi connectivity index (χ4v) is 2.09. The second-order valence-electron chi connectivity index (χ2n) is 3.52. The normalized spacial score (nSPS) is 10.3. The molecule has 0 saturated heterocycles. The van der Waals surface area contributed by atoms with Crippen molar-refractivity contribution in [1.82, 2.24) is 0 Å². The zero-order valence-electron chi connectivity index (χ0n) is 8.99. The van der Waals surface area contributed by atoms with E-state index in [-0.39, 0.29) is 0 Å². The van der Waals surface area contributed by atoms with Gasteiger partial charge >= 0.3 is 0 Å². The Bertz CT molecular complexity index is 513. The van der Waals surface area contributed by atoms with Gasteiger partial charge in [-0.1, -0.05) is 39.7 Å². The number of hydrogen-bond donors (Lipinski definition) is 1. The summed E-state index contributed by atoms with van der Waals surface area (Å²) in [6.07, 6.45) is 0. The first-order valence-electron chi connectivity index (χ1n) is 5.11. The average molecular weight is 313 g/mol. The van der Waals surface area contributed by atoms with Crippen LogP contribution in [0.2, 0.25) is 5.02 Å². The van der Waals surface area contributed by atoms with Gasteiger partial charge in [-0.15, -0.1) is 0 Å². The summed E-state index contributed by atoms with van der Waals surface area (Å²) >= 11 is 9.41. The lowest BCUT2D eigenvalue weighted by atomic mass is 10.2. The van der Waals surface area contributed by atoms with Crippen molar-refractivity contribution in [2.75, 3.05) is 0 Å². The molecule has 0 bridgehead atoms. The standard InChI is InChI=1S/C13H11BrClNO/c14-10-3-6-13(12(15)7-10)17-11-4-1-9(8-16)2-5-11/h1-7H,8,16H2. The van der Waals surface area contributed by atoms with E-state index in [4.69, 9.17) is 22.1 Å². The third-order valence-electron chi connectivity index (χ3n) is 2.28. The maximum absolute atomic E-state index is 6.06. The molecule has 17 heavy (non-hydrogen) atoms. The number of halogens is 2. The lowest BCUT2D eigenvalue weighted by Crippen LogP contribution is -1.95. The summed E-state index contributed by atoms with van der Waals surface area (Å²) in [6.45, 7) is 0.527. The Morgan fingerprint density at radius 1 is 1.12 bits per heavy atom. The minimum Gasteiger partial charge on any atom is -0.456 e. The summed E-state index contributed by atoms with van der Waals surface area (Å²) in [7, 11) is 0. The highest BCUT2D eigenvalue weighted by Gasteiger charge is 2.03. The lowest BCUT2D eigenvalue weighted by Gasteiger charge is -2.08. The summed E-state index contributed by atoms with van der Waals surface area (Å²) < 4.78 is 6.59. The zero-order chi connectivity index (χ0) is 12.3. The highest BCUT2D eigenvalue weighted by atomic mass is 79.9. The van der Waals surface area contributed by atoms with Crippen molar-refractivity contribution in [2.24, 2.45) is 5.73 Å². The van der Waals surface area contributed by atoms with Gasteiger partial charge in [-0.25, -0.2) is 0 Å². The molecule has 0 unspecified atom stereocenters. The summed E-state index contributed by atoms with van der Waals surface area (Å²) in [5.41, 5.74) is 6.59. The van der Waals surface area contributed by atoms with Gasteiger partial charge in [0.2, 0.25) is 0 Å². The highest BCUT2D eigenvalue weighted by Crippen LogP contribution is 2.31. The molecule has 0 saturated carbocycles. The maximum Gasteiger partial charge on any atom is 0.146 e. The van der Waals surface area contributed by atoms with Crippen molar-refractivity contribution in [3.05, 3.63) is 57.5 Å². The van der Waals surface area contributed by atoms with Crippen molar-refractivity contribution in [2.45, 2.75) is 6.54 Å². The smallest absolute Gasteiger partial charge is 0.146 e. The monoisotopic (exact) mass is 311 g/mol. The molecule has 0 heterocycles. The molecule has 0 radical (unpaired) electrons. The van der Waals surface area contributed by atoms with Gasteiger partial charge in [0.25, 0.3) is 0 Å². The summed E-state index contributed by atoms with van der Waals surface area (Å²) in [5, 5.41) is 0.572. The van der Waals surface area contributed by atoms with Gasteiger partial charge in [0.15, 0.2) is 0 Å². The van der Waals surface area contributed by atoms with Gasteiger partial charge in [-0.05, 0) is 35.9 Å². The first-order chi connectivity index (χ1) is 8.19. The van der Waals surface area contributed by atoms with Crippen molar-refractivity contribution < 1.29 is 4.74 Å². The van der Waals surface area contributed by atoms with Crippen LogP contribution in [0.3, 0.4) is 0 Å². The van der Waals surface area contributed by atoms with Gasteiger partial charge in [0, 0.05) is 11.0 Å². The highest BCUT2D eigenvalue weighted by molar-refractivity contribution is 9.10. The van der Waals surface area contributed by atoms with Crippen LogP contribution in [0.5, 0.6) is 11.5 Å². The molecule has 0 amide bonds. The maximum atomic E-state index is 6.06. The van der Waals surface area contributed by atoms with Crippen LogP contribution in [0.25, 0.3) is 0 Å². The van der Waals surface area contributed by atoms with Crippen LogP contribution in [-0.4, -0.2) is 0 Å². The lowest BCUT2D eigenvalue weighted by molar-refractivity contribution is 0.482. The van der Waals surface area contributed by atoms with Crippen LogP contribution in [0, 0.1) is 0 Å². The average Bonchev–Trinajstić information content (AvgIpc) is 2.34. The molecule has 0 atom stereocenters. The molecule has 0 aliphatic rings. The van der Waals surface area contributed by atoms with Crippen LogP contribution in [0.15, 0.2) is 46.9 Å². The second-order valence-corrected chi connectivity index (χ2v) is 4.85. The largest absolute Gasteiger partial charge is 0.456 e. The third kappa shape index (κ3) is 3.22. The van der Waals surface area contributed by atoms with Crippen LogP contribution >= 0.6 is 27.5 Å². The molecule has 2 aromatic rings. The molecular formula is C13H11BrClNO. The molecule has 0 aromatic heterocycles. The molecule has 4 heteroatoms. The zero-order valence-corrected chi connectivity index (χ0v) is 11.3. The Labute approximate surface area is 113 Å². The number of rotatable bonds is 3. The van der Waals surface area contributed by atoms with E-state index in [1.54, 1.807) is 6.07 Å². The number of nitrogens with two attached hydrogens (primary N) is 1. The predicted octanol–water partition coefficient (Wildman–Crippen LogP) is 4.35. The summed E-state index contributed by atoms with van der Waals surface area (Å²) in [4.78, 5) is 0. The Kier molecular flexibility index (Phi) is 4.05. The van der Waals surface area contributed by atoms with Gasteiger partial charge in [-0.3, -0.25) is 0 Å². The number of benzene rings is 2.